The Morgan fingerprint density at radius 1 is 1.03 bits per heavy atom. The van der Waals surface area contributed by atoms with Crippen LogP contribution in [0.1, 0.15) is 15.9 Å². The fourth-order valence-corrected chi connectivity index (χ4v) is 3.58. The number of halogens is 3. The zero-order valence-electron chi connectivity index (χ0n) is 16.6. The summed E-state index contributed by atoms with van der Waals surface area (Å²) in [4.78, 5) is 29.0. The van der Waals surface area contributed by atoms with Gasteiger partial charge in [0.25, 0.3) is 5.91 Å². The molecule has 0 aliphatic carbocycles. The molecule has 7 nitrogen and oxygen atoms in total. The largest absolute Gasteiger partial charge is 0.472 e. The number of anilines is 1. The maximum absolute atomic E-state index is 13.3. The van der Waals surface area contributed by atoms with Crippen molar-refractivity contribution in [2.24, 2.45) is 4.99 Å². The second-order valence-corrected chi connectivity index (χ2v) is 8.09. The first-order valence-electron chi connectivity index (χ1n) is 9.45. The lowest BCUT2D eigenvalue weighted by Gasteiger charge is -2.17. The van der Waals surface area contributed by atoms with Crippen LogP contribution in [0.5, 0.6) is 5.75 Å². The fourth-order valence-electron chi connectivity index (χ4n) is 3.05. The summed E-state index contributed by atoms with van der Waals surface area (Å²) in [6, 6.07) is 17.5. The number of amides is 1. The highest BCUT2D eigenvalue weighted by Crippen LogP contribution is 2.32. The van der Waals surface area contributed by atoms with Gasteiger partial charge in [-0.15, -0.1) is 0 Å². The number of benzene rings is 3. The van der Waals surface area contributed by atoms with Crippen molar-refractivity contribution < 1.29 is 14.3 Å². The summed E-state index contributed by atoms with van der Waals surface area (Å²) in [6.07, 6.45) is -0.528. The standard InChI is InChI=1S/C23H13Cl3N4O3/c24-15-4-8-18(26)20(10-15)30-23(32)21(33-16-5-1-13(11-27)2-6-16)22(29-30)28-19-9-14(12-31)3-7-17(19)25/h1-10,12,21H,(H,28,29). The third-order valence-electron chi connectivity index (χ3n) is 4.65. The minimum atomic E-state index is -1.19. The molecule has 1 atom stereocenters. The third-order valence-corrected chi connectivity index (χ3v) is 5.53. The number of hydrogen-bond donors (Lipinski definition) is 1. The van der Waals surface area contributed by atoms with E-state index in [0.29, 0.717) is 33.9 Å². The quantitative estimate of drug-likeness (QED) is 0.477. The van der Waals surface area contributed by atoms with E-state index < -0.39 is 12.0 Å². The molecule has 4 rings (SSSR count). The number of nitriles is 1. The van der Waals surface area contributed by atoms with Crippen LogP contribution in [0, 0.1) is 11.3 Å². The molecule has 1 saturated heterocycles. The molecule has 0 saturated carbocycles. The van der Waals surface area contributed by atoms with Crippen LogP contribution in [-0.4, -0.2) is 24.1 Å². The van der Waals surface area contributed by atoms with Crippen molar-refractivity contribution in [3.63, 3.8) is 0 Å². The number of aliphatic imine (C=N–C) groups is 1. The van der Waals surface area contributed by atoms with Gasteiger partial charge in [-0.25, -0.2) is 10.0 Å². The average Bonchev–Trinajstić information content (AvgIpc) is 3.12. The van der Waals surface area contributed by atoms with E-state index in [0.717, 1.165) is 0 Å². The summed E-state index contributed by atoms with van der Waals surface area (Å²) in [7, 11) is 0. The first-order valence-corrected chi connectivity index (χ1v) is 10.6. The number of hydrogen-bond acceptors (Lipinski definition) is 5. The second kappa shape index (κ2) is 9.51. The van der Waals surface area contributed by atoms with Crippen LogP contribution in [0.3, 0.4) is 0 Å². The van der Waals surface area contributed by atoms with Crippen LogP contribution in [0.25, 0.3) is 0 Å². The van der Waals surface area contributed by atoms with Crippen molar-refractivity contribution in [3.8, 4) is 11.8 Å². The maximum Gasteiger partial charge on any atom is 0.294 e. The van der Waals surface area contributed by atoms with Gasteiger partial charge in [0.2, 0.25) is 6.10 Å². The molecule has 1 unspecified atom stereocenters. The van der Waals surface area contributed by atoms with Crippen molar-refractivity contribution in [2.75, 3.05) is 5.01 Å². The first kappa shape index (κ1) is 22.6. The van der Waals surface area contributed by atoms with Gasteiger partial charge >= 0.3 is 0 Å². The van der Waals surface area contributed by atoms with Crippen molar-refractivity contribution in [2.45, 2.75) is 6.10 Å². The summed E-state index contributed by atoms with van der Waals surface area (Å²) in [5.74, 6) is -0.0519. The highest BCUT2D eigenvalue weighted by Gasteiger charge is 2.41. The van der Waals surface area contributed by atoms with E-state index in [9.17, 15) is 9.59 Å². The van der Waals surface area contributed by atoms with Gasteiger partial charge in [0.05, 0.1) is 33.1 Å². The molecule has 0 bridgehead atoms. The molecule has 0 aromatic heterocycles. The van der Waals surface area contributed by atoms with Gasteiger partial charge in [0.15, 0.2) is 5.84 Å². The molecule has 0 spiro atoms. The number of amidine groups is 1. The Bertz CT molecular complexity index is 1320. The molecular formula is C23H13Cl3N4O3. The normalized spacial score (nSPS) is 16.4. The summed E-state index contributed by atoms with van der Waals surface area (Å²) in [5, 5.41) is 11.1. The first-order chi connectivity index (χ1) is 15.9. The molecule has 1 heterocycles. The van der Waals surface area contributed by atoms with Crippen LogP contribution in [0.4, 0.5) is 11.4 Å². The van der Waals surface area contributed by atoms with Gasteiger partial charge < -0.3 is 4.74 Å². The van der Waals surface area contributed by atoms with E-state index in [1.807, 2.05) is 6.07 Å². The van der Waals surface area contributed by atoms with Crippen LogP contribution in [0.2, 0.25) is 15.1 Å². The van der Waals surface area contributed by atoms with E-state index in [-0.39, 0.29) is 21.6 Å². The Morgan fingerprint density at radius 3 is 2.45 bits per heavy atom. The zero-order valence-corrected chi connectivity index (χ0v) is 18.9. The third kappa shape index (κ3) is 4.78. The Morgan fingerprint density at radius 2 is 1.76 bits per heavy atom. The number of ether oxygens (including phenoxy) is 1. The molecule has 33 heavy (non-hydrogen) atoms. The average molecular weight is 500 g/mol. The van der Waals surface area contributed by atoms with Crippen LogP contribution in [-0.2, 0) is 4.79 Å². The van der Waals surface area contributed by atoms with Gasteiger partial charge in [-0.1, -0.05) is 40.9 Å². The van der Waals surface area contributed by atoms with Crippen molar-refractivity contribution in [3.05, 3.63) is 86.9 Å². The SMILES string of the molecule is N#Cc1ccc(OC2C(=O)N(c3cc(Cl)ccc3Cl)NC2=Nc2cc(C=O)ccc2Cl)cc1. The fraction of sp³-hybridized carbons (Fsp3) is 0.0435. The van der Waals surface area contributed by atoms with Crippen molar-refractivity contribution >= 4 is 64.2 Å². The Balaban J connectivity index is 1.77. The Hall–Kier alpha value is -3.57. The van der Waals surface area contributed by atoms with Crippen LogP contribution >= 0.6 is 34.8 Å². The minimum absolute atomic E-state index is 0.116. The number of aldehydes is 1. The molecule has 0 radical (unpaired) electrons. The van der Waals surface area contributed by atoms with Gasteiger partial charge in [0, 0.05) is 10.6 Å². The van der Waals surface area contributed by atoms with Gasteiger partial charge in [-0.2, -0.15) is 5.26 Å². The molecule has 1 aliphatic rings. The highest BCUT2D eigenvalue weighted by molar-refractivity contribution is 6.36. The van der Waals surface area contributed by atoms with Crippen LogP contribution < -0.4 is 15.2 Å². The molecule has 10 heteroatoms. The van der Waals surface area contributed by atoms with E-state index in [2.05, 4.69) is 10.4 Å². The zero-order chi connectivity index (χ0) is 23.5. The summed E-state index contributed by atoms with van der Waals surface area (Å²) < 4.78 is 5.91. The summed E-state index contributed by atoms with van der Waals surface area (Å²) in [6.45, 7) is 0. The van der Waals surface area contributed by atoms with Crippen molar-refractivity contribution in [1.82, 2.24) is 5.43 Å². The van der Waals surface area contributed by atoms with Gasteiger partial charge in [-0.3, -0.25) is 15.0 Å². The molecule has 164 valence electrons. The topological polar surface area (TPSA) is 94.8 Å². The monoisotopic (exact) mass is 498 g/mol. The van der Waals surface area contributed by atoms with Crippen molar-refractivity contribution in [1.29, 1.82) is 5.26 Å². The summed E-state index contributed by atoms with van der Waals surface area (Å²) in [5.41, 5.74) is 4.28. The van der Waals surface area contributed by atoms with E-state index >= 15 is 0 Å². The summed E-state index contributed by atoms with van der Waals surface area (Å²) >= 11 is 18.6. The number of hydrazine groups is 1. The highest BCUT2D eigenvalue weighted by atomic mass is 35.5. The number of carbonyl (C=O) groups excluding carboxylic acids is 2. The molecular weight excluding hydrogens is 487 g/mol. The lowest BCUT2D eigenvalue weighted by atomic mass is 10.2. The Labute approximate surface area is 203 Å². The van der Waals surface area contributed by atoms with Gasteiger partial charge in [0.1, 0.15) is 12.0 Å². The van der Waals surface area contributed by atoms with E-state index in [1.54, 1.807) is 42.5 Å². The van der Waals surface area contributed by atoms with Crippen LogP contribution in [0.15, 0.2) is 65.7 Å². The smallest absolute Gasteiger partial charge is 0.294 e. The lowest BCUT2D eigenvalue weighted by Crippen LogP contribution is -2.36. The van der Waals surface area contributed by atoms with Gasteiger partial charge in [-0.05, 0) is 54.6 Å². The maximum atomic E-state index is 13.3. The minimum Gasteiger partial charge on any atom is -0.472 e. The van der Waals surface area contributed by atoms with E-state index in [1.165, 1.54) is 23.2 Å². The number of nitrogens with zero attached hydrogens (tertiary/aromatic N) is 3. The Kier molecular flexibility index (Phi) is 6.52. The number of carbonyl (C=O) groups is 2. The molecule has 1 N–H and O–H groups in total. The number of nitrogens with one attached hydrogen (secondary N) is 1. The van der Waals surface area contributed by atoms with E-state index in [4.69, 9.17) is 44.8 Å². The number of rotatable bonds is 5. The molecule has 1 amide bonds. The molecule has 1 aliphatic heterocycles. The molecule has 3 aromatic carbocycles. The lowest BCUT2D eigenvalue weighted by molar-refractivity contribution is -0.121. The predicted octanol–water partition coefficient (Wildman–Crippen LogP) is 5.36. The molecule has 1 fully saturated rings. The second-order valence-electron chi connectivity index (χ2n) is 6.84. The molecule has 3 aromatic rings. The predicted molar refractivity (Wildman–Crippen MR) is 127 cm³/mol.